The fourth-order valence-corrected chi connectivity index (χ4v) is 2.71. The summed E-state index contributed by atoms with van der Waals surface area (Å²) in [5.41, 5.74) is 2.12. The third-order valence-corrected chi connectivity index (χ3v) is 4.40. The highest BCUT2D eigenvalue weighted by molar-refractivity contribution is 7.10. The van der Waals surface area contributed by atoms with Crippen LogP contribution in [-0.2, 0) is 20.9 Å². The first kappa shape index (κ1) is 18.7. The fourth-order valence-electron chi connectivity index (χ4n) is 2.09. The van der Waals surface area contributed by atoms with Gasteiger partial charge in [-0.1, -0.05) is 18.2 Å². The van der Waals surface area contributed by atoms with Gasteiger partial charge in [0.25, 0.3) is 5.91 Å². The van der Waals surface area contributed by atoms with Crippen LogP contribution in [0.15, 0.2) is 47.9 Å². The molecule has 0 aliphatic heterocycles. The monoisotopic (exact) mass is 358 g/mol. The molecule has 0 saturated carbocycles. The lowest BCUT2D eigenvalue weighted by Gasteiger charge is -2.18. The van der Waals surface area contributed by atoms with Crippen LogP contribution in [-0.4, -0.2) is 44.5 Å². The summed E-state index contributed by atoms with van der Waals surface area (Å²) in [7, 11) is 5.65. The number of nitrogens with zero attached hydrogens (tertiary/aromatic N) is 2. The summed E-state index contributed by atoms with van der Waals surface area (Å²) >= 11 is 1.53. The Morgan fingerprint density at radius 3 is 2.44 bits per heavy atom. The van der Waals surface area contributed by atoms with Crippen molar-refractivity contribution in [1.29, 1.82) is 0 Å². The molecular weight excluding hydrogens is 336 g/mol. The minimum absolute atomic E-state index is 0.241. The predicted octanol–water partition coefficient (Wildman–Crippen LogP) is 3.03. The molecule has 1 aromatic carbocycles. The molecule has 5 nitrogen and oxygen atoms in total. The van der Waals surface area contributed by atoms with Gasteiger partial charge < -0.3 is 14.5 Å². The van der Waals surface area contributed by atoms with Crippen molar-refractivity contribution in [3.8, 4) is 0 Å². The quantitative estimate of drug-likeness (QED) is 0.564. The van der Waals surface area contributed by atoms with Crippen molar-refractivity contribution in [2.24, 2.45) is 0 Å². The predicted molar refractivity (Wildman–Crippen MR) is 102 cm³/mol. The van der Waals surface area contributed by atoms with Gasteiger partial charge in [-0.2, -0.15) is 0 Å². The van der Waals surface area contributed by atoms with Crippen molar-refractivity contribution >= 4 is 35.0 Å². The van der Waals surface area contributed by atoms with E-state index >= 15 is 0 Å². The summed E-state index contributed by atoms with van der Waals surface area (Å²) < 4.78 is 4.99. The number of thiophene rings is 1. The Morgan fingerprint density at radius 1 is 1.12 bits per heavy atom. The summed E-state index contributed by atoms with van der Waals surface area (Å²) in [4.78, 5) is 28.2. The van der Waals surface area contributed by atoms with Crippen LogP contribution in [0.25, 0.3) is 6.08 Å². The molecule has 0 unspecified atom stereocenters. The van der Waals surface area contributed by atoms with Crippen molar-refractivity contribution < 1.29 is 14.3 Å². The van der Waals surface area contributed by atoms with Crippen molar-refractivity contribution in [3.63, 3.8) is 0 Å². The molecule has 2 aromatic rings. The number of amides is 1. The topological polar surface area (TPSA) is 49.9 Å². The summed E-state index contributed by atoms with van der Waals surface area (Å²) in [6.45, 7) is 0.203. The molecule has 0 fully saturated rings. The first-order valence-corrected chi connectivity index (χ1v) is 8.72. The smallest absolute Gasteiger partial charge is 0.331 e. The second kappa shape index (κ2) is 9.03. The maximum atomic E-state index is 12.1. The van der Waals surface area contributed by atoms with E-state index in [9.17, 15) is 9.59 Å². The molecule has 6 heteroatoms. The highest BCUT2D eigenvalue weighted by Gasteiger charge is 2.11. The number of carbonyl (C=O) groups is 2. The number of hydrogen-bond acceptors (Lipinski definition) is 5. The van der Waals surface area contributed by atoms with Gasteiger partial charge >= 0.3 is 5.97 Å². The Morgan fingerprint density at radius 2 is 1.84 bits per heavy atom. The minimum atomic E-state index is -0.523. The fraction of sp³-hybridized carbons (Fsp3) is 0.263. The number of carbonyl (C=O) groups excluding carboxylic acids is 2. The lowest BCUT2D eigenvalue weighted by molar-refractivity contribution is -0.147. The van der Waals surface area contributed by atoms with Gasteiger partial charge in [0.1, 0.15) is 0 Å². The zero-order valence-electron chi connectivity index (χ0n) is 14.6. The first-order chi connectivity index (χ1) is 12.0. The van der Waals surface area contributed by atoms with Crippen molar-refractivity contribution in [2.45, 2.75) is 6.54 Å². The van der Waals surface area contributed by atoms with E-state index in [0.29, 0.717) is 6.54 Å². The van der Waals surface area contributed by atoms with Crippen LogP contribution in [0.5, 0.6) is 0 Å². The number of ether oxygens (including phenoxy) is 1. The van der Waals surface area contributed by atoms with Crippen LogP contribution < -0.4 is 4.90 Å². The molecule has 0 aliphatic rings. The molecule has 0 N–H and O–H groups in total. The Balaban J connectivity index is 1.78. The highest BCUT2D eigenvalue weighted by Crippen LogP contribution is 2.13. The van der Waals surface area contributed by atoms with Crippen LogP contribution in [0.4, 0.5) is 5.69 Å². The van der Waals surface area contributed by atoms with Gasteiger partial charge in [-0.3, -0.25) is 4.79 Å². The van der Waals surface area contributed by atoms with Crippen LogP contribution in [0.2, 0.25) is 0 Å². The van der Waals surface area contributed by atoms with Gasteiger partial charge in [-0.05, 0) is 35.2 Å². The van der Waals surface area contributed by atoms with E-state index in [1.807, 2.05) is 60.8 Å². The maximum absolute atomic E-state index is 12.1. The van der Waals surface area contributed by atoms with E-state index < -0.39 is 5.97 Å². The summed E-state index contributed by atoms with van der Waals surface area (Å²) in [6, 6.07) is 11.8. The molecule has 0 spiro atoms. The van der Waals surface area contributed by atoms with Gasteiger partial charge in [0.2, 0.25) is 0 Å². The molecule has 0 atom stereocenters. The lowest BCUT2D eigenvalue weighted by Crippen LogP contribution is -2.30. The number of likely N-dealkylation sites (N-methyl/N-ethyl adjacent to an activating group) is 1. The molecule has 0 bridgehead atoms. The third-order valence-electron chi connectivity index (χ3n) is 3.56. The van der Waals surface area contributed by atoms with E-state index in [-0.39, 0.29) is 12.5 Å². The van der Waals surface area contributed by atoms with Gasteiger partial charge in [0.15, 0.2) is 6.61 Å². The van der Waals surface area contributed by atoms with Gasteiger partial charge in [-0.25, -0.2) is 4.79 Å². The first-order valence-electron chi connectivity index (χ1n) is 7.84. The lowest BCUT2D eigenvalue weighted by atomic mass is 10.2. The average Bonchev–Trinajstić information content (AvgIpc) is 3.11. The molecule has 2 rings (SSSR count). The van der Waals surface area contributed by atoms with Crippen LogP contribution >= 0.6 is 11.3 Å². The van der Waals surface area contributed by atoms with Gasteiger partial charge in [0.05, 0.1) is 0 Å². The largest absolute Gasteiger partial charge is 0.452 e. The number of rotatable bonds is 7. The van der Waals surface area contributed by atoms with E-state index in [4.69, 9.17) is 4.74 Å². The molecule has 132 valence electrons. The molecule has 1 aromatic heterocycles. The normalized spacial score (nSPS) is 10.7. The number of esters is 1. The van der Waals surface area contributed by atoms with Crippen molar-refractivity contribution in [2.75, 3.05) is 32.6 Å². The van der Waals surface area contributed by atoms with Crippen LogP contribution in [0.1, 0.15) is 10.4 Å². The minimum Gasteiger partial charge on any atom is -0.452 e. The average molecular weight is 358 g/mol. The molecular formula is C19H22N2O3S. The van der Waals surface area contributed by atoms with Gasteiger partial charge in [-0.15, -0.1) is 11.3 Å². The molecule has 1 amide bonds. The SMILES string of the molecule is CN(Cc1ccc(N(C)C)cc1)C(=O)COC(=O)/C=C/c1cccs1. The van der Waals surface area contributed by atoms with E-state index in [1.54, 1.807) is 18.0 Å². The Kier molecular flexibility index (Phi) is 6.77. The second-order valence-corrected chi connectivity index (χ2v) is 6.75. The van der Waals surface area contributed by atoms with Crippen LogP contribution in [0.3, 0.4) is 0 Å². The van der Waals surface area contributed by atoms with Crippen molar-refractivity contribution in [1.82, 2.24) is 4.90 Å². The summed E-state index contributed by atoms with van der Waals surface area (Å²) in [6.07, 6.45) is 3.01. The van der Waals surface area contributed by atoms with E-state index in [1.165, 1.54) is 17.4 Å². The molecule has 0 radical (unpaired) electrons. The Labute approximate surface area is 152 Å². The molecule has 0 saturated heterocycles. The number of benzene rings is 1. The standard InChI is InChI=1S/C19H22N2O3S/c1-20(2)16-8-6-15(7-9-16)13-21(3)18(22)14-24-19(23)11-10-17-5-4-12-25-17/h4-12H,13-14H2,1-3H3/b11-10+. The van der Waals surface area contributed by atoms with Gasteiger partial charge in [0, 0.05) is 44.3 Å². The third kappa shape index (κ3) is 6.08. The maximum Gasteiger partial charge on any atom is 0.331 e. The molecule has 1 heterocycles. The van der Waals surface area contributed by atoms with E-state index in [2.05, 4.69) is 0 Å². The summed E-state index contributed by atoms with van der Waals surface area (Å²) in [5.74, 6) is -0.764. The Hall–Kier alpha value is -2.60. The number of anilines is 1. The van der Waals surface area contributed by atoms with Crippen molar-refractivity contribution in [3.05, 3.63) is 58.3 Å². The van der Waals surface area contributed by atoms with E-state index in [0.717, 1.165) is 16.1 Å². The number of hydrogen-bond donors (Lipinski definition) is 0. The zero-order valence-corrected chi connectivity index (χ0v) is 15.5. The second-order valence-electron chi connectivity index (χ2n) is 5.77. The molecule has 25 heavy (non-hydrogen) atoms. The van der Waals surface area contributed by atoms with Crippen LogP contribution in [0, 0.1) is 0 Å². The zero-order chi connectivity index (χ0) is 18.2. The summed E-state index contributed by atoms with van der Waals surface area (Å²) in [5, 5.41) is 1.93. The molecule has 0 aliphatic carbocycles. The Bertz CT molecular complexity index is 722. The highest BCUT2D eigenvalue weighted by atomic mass is 32.1.